The molecule has 10 heteroatoms. The fourth-order valence-electron chi connectivity index (χ4n) is 6.13. The lowest BCUT2D eigenvalue weighted by Gasteiger charge is -2.39. The van der Waals surface area contributed by atoms with E-state index in [9.17, 15) is 14.9 Å². The van der Waals surface area contributed by atoms with Crippen LogP contribution in [0.3, 0.4) is 0 Å². The van der Waals surface area contributed by atoms with Crippen LogP contribution in [0.2, 0.25) is 0 Å². The average Bonchev–Trinajstić information content (AvgIpc) is 3.29. The maximum absolute atomic E-state index is 13.7. The van der Waals surface area contributed by atoms with E-state index in [0.29, 0.717) is 36.8 Å². The zero-order valence-electron chi connectivity index (χ0n) is 21.0. The molecule has 2 aliphatic heterocycles. The molecule has 7 nitrogen and oxygen atoms in total. The molecule has 39 heavy (non-hydrogen) atoms. The van der Waals surface area contributed by atoms with Crippen molar-refractivity contribution in [1.82, 2.24) is 4.90 Å². The summed E-state index contributed by atoms with van der Waals surface area (Å²) in [5, 5.41) is 15.1. The number of amides is 1. The van der Waals surface area contributed by atoms with E-state index >= 15 is 0 Å². The number of hydrogen-bond donors (Lipinski definition) is 1. The molecule has 0 spiro atoms. The number of alkyl halides is 1. The molecule has 2 heterocycles. The van der Waals surface area contributed by atoms with Crippen molar-refractivity contribution in [2.45, 2.75) is 33.9 Å². The van der Waals surface area contributed by atoms with Gasteiger partial charge < -0.3 is 15.0 Å². The molecule has 1 saturated heterocycles. The van der Waals surface area contributed by atoms with E-state index in [1.165, 1.54) is 11.8 Å². The summed E-state index contributed by atoms with van der Waals surface area (Å²) in [7, 11) is 0. The lowest BCUT2D eigenvalue weighted by atomic mass is 9.76. The van der Waals surface area contributed by atoms with Crippen LogP contribution in [0.4, 0.5) is 11.4 Å². The SMILES string of the molecule is O=C(c1cccc2c1N[C@H](c1ccc(Br)cc1)[C@@H]1C[C@H](Sc3ccccc3[N+](=O)[O-])[C@@H](Cl)[C@H]21)N1CCOCC1. The molecule has 1 amide bonds. The molecule has 2 fully saturated rings. The number of para-hydroxylation sites is 2. The van der Waals surface area contributed by atoms with Crippen LogP contribution < -0.4 is 5.32 Å². The molecule has 202 valence electrons. The smallest absolute Gasteiger partial charge is 0.282 e. The summed E-state index contributed by atoms with van der Waals surface area (Å²) in [6, 6.07) is 20.9. The van der Waals surface area contributed by atoms with Crippen LogP contribution in [0.1, 0.15) is 39.9 Å². The summed E-state index contributed by atoms with van der Waals surface area (Å²) < 4.78 is 6.46. The van der Waals surface area contributed by atoms with Crippen LogP contribution in [0, 0.1) is 16.0 Å². The highest BCUT2D eigenvalue weighted by molar-refractivity contribution is 9.10. The van der Waals surface area contributed by atoms with Crippen molar-refractivity contribution in [2.24, 2.45) is 5.92 Å². The number of nitrogens with one attached hydrogen (secondary N) is 1. The van der Waals surface area contributed by atoms with Gasteiger partial charge in [0.2, 0.25) is 0 Å². The Morgan fingerprint density at radius 3 is 2.56 bits per heavy atom. The second-order valence-electron chi connectivity index (χ2n) is 10.1. The molecule has 0 aromatic heterocycles. The third-order valence-electron chi connectivity index (χ3n) is 7.95. The molecule has 0 bridgehead atoms. The molecule has 0 unspecified atom stereocenters. The zero-order valence-corrected chi connectivity index (χ0v) is 24.1. The first-order valence-corrected chi connectivity index (χ1v) is 15.1. The summed E-state index contributed by atoms with van der Waals surface area (Å²) in [6.07, 6.45) is 0.782. The lowest BCUT2D eigenvalue weighted by Crippen LogP contribution is -2.41. The summed E-state index contributed by atoms with van der Waals surface area (Å²) in [6.45, 7) is 2.21. The highest BCUT2D eigenvalue weighted by Crippen LogP contribution is 2.58. The Hall–Kier alpha value is -2.59. The Labute approximate surface area is 244 Å². The minimum Gasteiger partial charge on any atom is -0.378 e. The minimum absolute atomic E-state index is 0.00869. The van der Waals surface area contributed by atoms with E-state index in [0.717, 1.165) is 27.7 Å². The third-order valence-corrected chi connectivity index (χ3v) is 10.6. The number of rotatable bonds is 5. The van der Waals surface area contributed by atoms with E-state index in [1.807, 2.05) is 35.2 Å². The Balaban J connectivity index is 1.40. The van der Waals surface area contributed by atoms with E-state index in [2.05, 4.69) is 39.4 Å². The van der Waals surface area contributed by atoms with E-state index in [-0.39, 0.29) is 45.0 Å². The van der Waals surface area contributed by atoms with Gasteiger partial charge in [0.05, 0.1) is 45.7 Å². The first-order chi connectivity index (χ1) is 18.9. The monoisotopic (exact) mass is 627 g/mol. The topological polar surface area (TPSA) is 84.7 Å². The number of fused-ring (bicyclic) bond motifs is 3. The van der Waals surface area contributed by atoms with Crippen LogP contribution in [-0.4, -0.2) is 52.7 Å². The van der Waals surface area contributed by atoms with Crippen molar-refractivity contribution in [2.75, 3.05) is 31.6 Å². The molecular formula is C29H27BrClN3O4S. The fraction of sp³-hybridized carbons (Fsp3) is 0.345. The van der Waals surface area contributed by atoms with Gasteiger partial charge in [-0.05, 0) is 47.7 Å². The van der Waals surface area contributed by atoms with Gasteiger partial charge in [-0.15, -0.1) is 23.4 Å². The molecule has 1 saturated carbocycles. The fourth-order valence-corrected chi connectivity index (χ4v) is 8.34. The van der Waals surface area contributed by atoms with Crippen molar-refractivity contribution >= 4 is 56.6 Å². The molecule has 1 N–H and O–H groups in total. The molecular weight excluding hydrogens is 602 g/mol. The average molecular weight is 629 g/mol. The number of nitro groups is 1. The van der Waals surface area contributed by atoms with Gasteiger partial charge in [-0.25, -0.2) is 0 Å². The normalized spacial score (nSPS) is 25.9. The highest BCUT2D eigenvalue weighted by atomic mass is 79.9. The predicted octanol–water partition coefficient (Wildman–Crippen LogP) is 6.87. The second kappa shape index (κ2) is 11.1. The van der Waals surface area contributed by atoms with Gasteiger partial charge in [-0.1, -0.05) is 52.3 Å². The summed E-state index contributed by atoms with van der Waals surface area (Å²) in [5.74, 6) is 0.120. The Kier molecular flexibility index (Phi) is 7.59. The summed E-state index contributed by atoms with van der Waals surface area (Å²) in [5.41, 5.74) is 3.74. The largest absolute Gasteiger partial charge is 0.378 e. The number of nitro benzene ring substituents is 1. The number of halogens is 2. The first kappa shape index (κ1) is 26.6. The van der Waals surface area contributed by atoms with Crippen molar-refractivity contribution in [1.29, 1.82) is 0 Å². The molecule has 5 atom stereocenters. The van der Waals surface area contributed by atoms with Gasteiger partial charge >= 0.3 is 0 Å². The number of morpholine rings is 1. The molecule has 3 aromatic rings. The number of anilines is 1. The van der Waals surface area contributed by atoms with Crippen LogP contribution in [0.5, 0.6) is 0 Å². The zero-order chi connectivity index (χ0) is 27.1. The van der Waals surface area contributed by atoms with Crippen molar-refractivity contribution in [3.05, 3.63) is 98.0 Å². The van der Waals surface area contributed by atoms with Crippen LogP contribution in [0.15, 0.2) is 76.1 Å². The Morgan fingerprint density at radius 1 is 1.08 bits per heavy atom. The summed E-state index contributed by atoms with van der Waals surface area (Å²) in [4.78, 5) is 27.5. The van der Waals surface area contributed by atoms with Gasteiger partial charge in [-0.3, -0.25) is 14.9 Å². The molecule has 3 aliphatic rings. The number of carbonyl (C=O) groups is 1. The Bertz CT molecular complexity index is 1400. The van der Waals surface area contributed by atoms with Gasteiger partial charge in [0.15, 0.2) is 0 Å². The molecule has 0 radical (unpaired) electrons. The minimum atomic E-state index is -0.335. The number of benzene rings is 3. The maximum Gasteiger partial charge on any atom is 0.282 e. The van der Waals surface area contributed by atoms with E-state index in [4.69, 9.17) is 16.3 Å². The van der Waals surface area contributed by atoms with Crippen LogP contribution in [0.25, 0.3) is 0 Å². The molecule has 6 rings (SSSR count). The maximum atomic E-state index is 13.7. The lowest BCUT2D eigenvalue weighted by molar-refractivity contribution is -0.387. The number of hydrogen-bond acceptors (Lipinski definition) is 6. The quantitative estimate of drug-likeness (QED) is 0.189. The van der Waals surface area contributed by atoms with Gasteiger partial charge in [-0.2, -0.15) is 0 Å². The second-order valence-corrected chi connectivity index (χ2v) is 12.8. The van der Waals surface area contributed by atoms with Crippen LogP contribution >= 0.6 is 39.3 Å². The van der Waals surface area contributed by atoms with Gasteiger partial charge in [0.1, 0.15) is 0 Å². The number of ether oxygens (including phenoxy) is 1. The van der Waals surface area contributed by atoms with Gasteiger partial charge in [0.25, 0.3) is 11.6 Å². The highest BCUT2D eigenvalue weighted by Gasteiger charge is 2.51. The molecule has 1 aliphatic carbocycles. The third kappa shape index (κ3) is 5.06. The van der Waals surface area contributed by atoms with E-state index < -0.39 is 0 Å². The van der Waals surface area contributed by atoms with Crippen molar-refractivity contribution in [3.63, 3.8) is 0 Å². The van der Waals surface area contributed by atoms with Crippen molar-refractivity contribution in [3.8, 4) is 0 Å². The van der Waals surface area contributed by atoms with Gasteiger partial charge in [0, 0.05) is 34.8 Å². The Morgan fingerprint density at radius 2 is 1.82 bits per heavy atom. The number of carbonyl (C=O) groups excluding carboxylic acids is 1. The number of thioether (sulfide) groups is 1. The number of nitrogens with zero attached hydrogens (tertiary/aromatic N) is 2. The van der Waals surface area contributed by atoms with Crippen molar-refractivity contribution < 1.29 is 14.5 Å². The standard InChI is InChI=1S/C29H27BrClN3O4S/c30-18-10-8-17(9-11-18)27-21-16-24(39-23-7-2-1-6-22(23)34(36)37)26(31)25(21)19-4-3-5-20(28(19)32-27)29(35)33-12-14-38-15-13-33/h1-11,21,24-27,32H,12-16H2/t21-,24+,25-,26-,27-/m1/s1. The van der Waals surface area contributed by atoms with Crippen LogP contribution in [-0.2, 0) is 4.74 Å². The predicted molar refractivity (Wildman–Crippen MR) is 157 cm³/mol. The summed E-state index contributed by atoms with van der Waals surface area (Å²) >= 11 is 12.3. The first-order valence-electron chi connectivity index (χ1n) is 13.0. The molecule has 3 aromatic carbocycles. The van der Waals surface area contributed by atoms with E-state index in [1.54, 1.807) is 18.2 Å².